The summed E-state index contributed by atoms with van der Waals surface area (Å²) >= 11 is 0. The highest BCUT2D eigenvalue weighted by atomic mass is 15.1. The lowest BCUT2D eigenvalue weighted by molar-refractivity contribution is 0.660. The van der Waals surface area contributed by atoms with Gasteiger partial charge in [0.05, 0.1) is 11.0 Å². The van der Waals surface area contributed by atoms with Crippen molar-refractivity contribution in [2.24, 2.45) is 0 Å². The van der Waals surface area contributed by atoms with E-state index >= 15 is 0 Å². The molecule has 0 amide bonds. The number of aromatic nitrogens is 2. The zero-order valence-corrected chi connectivity index (χ0v) is 35.0. The first-order chi connectivity index (χ1) is 31.0. The predicted octanol–water partition coefficient (Wildman–Crippen LogP) is 16.1. The number of benzene rings is 9. The van der Waals surface area contributed by atoms with Crippen molar-refractivity contribution >= 4 is 49.6 Å². The van der Waals surface area contributed by atoms with E-state index in [0.717, 1.165) is 28.3 Å². The Bertz CT molecular complexity index is 3630. The summed E-state index contributed by atoms with van der Waals surface area (Å²) in [6.07, 6.45) is 4.00. The molecule has 2 aliphatic rings. The molecule has 0 atom stereocenters. The molecule has 2 aliphatic carbocycles. The van der Waals surface area contributed by atoms with E-state index in [2.05, 4.69) is 230 Å². The fraction of sp³-hybridized carbons (Fsp3) is 0.0500. The van der Waals surface area contributed by atoms with E-state index < -0.39 is 0 Å². The van der Waals surface area contributed by atoms with Gasteiger partial charge in [-0.1, -0.05) is 153 Å². The Balaban J connectivity index is 1.01. The smallest absolute Gasteiger partial charge is 0.0626 e. The minimum atomic E-state index is -0.121. The molecule has 0 spiro atoms. The Morgan fingerprint density at radius 1 is 0.444 bits per heavy atom. The second-order valence-electron chi connectivity index (χ2n) is 17.5. The van der Waals surface area contributed by atoms with Gasteiger partial charge in [0.25, 0.3) is 0 Å². The molecule has 2 aromatic heterocycles. The van der Waals surface area contributed by atoms with Gasteiger partial charge in [0.2, 0.25) is 0 Å². The van der Waals surface area contributed by atoms with Crippen LogP contribution in [0.25, 0.3) is 93.9 Å². The molecule has 3 nitrogen and oxygen atoms in total. The summed E-state index contributed by atoms with van der Waals surface area (Å²) in [6, 6.07) is 73.8. The average molecular weight is 804 g/mol. The highest BCUT2D eigenvalue weighted by Crippen LogP contribution is 2.53. The van der Waals surface area contributed by atoms with Crippen molar-refractivity contribution < 1.29 is 0 Å². The second kappa shape index (κ2) is 13.5. The topological polar surface area (TPSA) is 21.1 Å². The minimum Gasteiger partial charge on any atom is -0.310 e. The molecule has 296 valence electrons. The van der Waals surface area contributed by atoms with Crippen LogP contribution in [0.4, 0.5) is 17.1 Å². The maximum absolute atomic E-state index is 4.77. The average Bonchev–Trinajstić information content (AvgIpc) is 3.75. The van der Waals surface area contributed by atoms with Crippen molar-refractivity contribution in [3.8, 4) is 61.3 Å². The largest absolute Gasteiger partial charge is 0.310 e. The van der Waals surface area contributed by atoms with Crippen molar-refractivity contribution in [1.29, 1.82) is 0 Å². The Labute approximate surface area is 366 Å². The van der Waals surface area contributed by atoms with Crippen LogP contribution in [0.1, 0.15) is 25.0 Å². The molecule has 2 heterocycles. The molecule has 0 unspecified atom stereocenters. The van der Waals surface area contributed by atoms with Crippen LogP contribution in [-0.2, 0) is 5.41 Å². The summed E-state index contributed by atoms with van der Waals surface area (Å²) in [6.45, 7) is 4.71. The lowest BCUT2D eigenvalue weighted by Crippen LogP contribution is -2.16. The molecule has 63 heavy (non-hydrogen) atoms. The Hall–Kier alpha value is -8.01. The highest BCUT2D eigenvalue weighted by molar-refractivity contribution is 6.21. The fourth-order valence-corrected chi connectivity index (χ4v) is 10.9. The summed E-state index contributed by atoms with van der Waals surface area (Å²) in [5.74, 6) is 0. The molecule has 0 bridgehead atoms. The Kier molecular flexibility index (Phi) is 7.65. The van der Waals surface area contributed by atoms with Crippen LogP contribution in [0.2, 0.25) is 0 Å². The SMILES string of the molecule is CC1(C)c2ccccc2-c2ccc(N(c3ccc(-c4ccccc4)cc3)c3ccc(-n4c5ccccc5c5ccc6c(c54)-c4cnccc4-c4cccc5cccc-6c45)cc3)cc21. The normalized spacial score (nSPS) is 13.0. The number of hydrogen-bond donors (Lipinski definition) is 0. The van der Waals surface area contributed by atoms with E-state index in [9.17, 15) is 0 Å². The monoisotopic (exact) mass is 803 g/mol. The lowest BCUT2D eigenvalue weighted by atomic mass is 9.82. The Morgan fingerprint density at radius 2 is 1.08 bits per heavy atom. The van der Waals surface area contributed by atoms with E-state index in [-0.39, 0.29) is 5.41 Å². The molecular formula is C60H41N3. The van der Waals surface area contributed by atoms with Gasteiger partial charge in [0, 0.05) is 62.5 Å². The van der Waals surface area contributed by atoms with E-state index in [1.54, 1.807) is 0 Å². The van der Waals surface area contributed by atoms with E-state index in [4.69, 9.17) is 4.98 Å². The van der Waals surface area contributed by atoms with Crippen LogP contribution in [0.15, 0.2) is 213 Å². The first kappa shape index (κ1) is 35.7. The third-order valence-corrected chi connectivity index (χ3v) is 13.8. The number of rotatable bonds is 5. The summed E-state index contributed by atoms with van der Waals surface area (Å²) in [7, 11) is 0. The highest BCUT2D eigenvalue weighted by Gasteiger charge is 2.36. The number of hydrogen-bond acceptors (Lipinski definition) is 2. The third-order valence-electron chi connectivity index (χ3n) is 13.8. The van der Waals surface area contributed by atoms with Crippen LogP contribution in [0, 0.1) is 0 Å². The van der Waals surface area contributed by atoms with Gasteiger partial charge in [0.15, 0.2) is 0 Å². The molecule has 0 fully saturated rings. The van der Waals surface area contributed by atoms with Gasteiger partial charge in [-0.25, -0.2) is 0 Å². The molecule has 0 aliphatic heterocycles. The Morgan fingerprint density at radius 3 is 1.89 bits per heavy atom. The molecule has 0 N–H and O–H groups in total. The number of anilines is 3. The van der Waals surface area contributed by atoms with Crippen molar-refractivity contribution in [1.82, 2.24) is 9.55 Å². The van der Waals surface area contributed by atoms with Crippen molar-refractivity contribution in [3.05, 3.63) is 224 Å². The zero-order chi connectivity index (χ0) is 41.8. The number of para-hydroxylation sites is 1. The van der Waals surface area contributed by atoms with Gasteiger partial charge in [-0.3, -0.25) is 4.98 Å². The summed E-state index contributed by atoms with van der Waals surface area (Å²) in [4.78, 5) is 7.18. The molecule has 11 aromatic rings. The van der Waals surface area contributed by atoms with E-state index in [1.165, 1.54) is 93.8 Å². The summed E-state index contributed by atoms with van der Waals surface area (Å²) in [5, 5.41) is 4.98. The van der Waals surface area contributed by atoms with Gasteiger partial charge < -0.3 is 9.47 Å². The van der Waals surface area contributed by atoms with Gasteiger partial charge in [-0.15, -0.1) is 0 Å². The molecule has 3 heteroatoms. The van der Waals surface area contributed by atoms with Crippen molar-refractivity contribution in [3.63, 3.8) is 0 Å². The zero-order valence-electron chi connectivity index (χ0n) is 35.0. The van der Waals surface area contributed by atoms with Crippen LogP contribution >= 0.6 is 0 Å². The first-order valence-corrected chi connectivity index (χ1v) is 21.9. The number of nitrogens with zero attached hydrogens (tertiary/aromatic N) is 3. The third kappa shape index (κ3) is 5.23. The van der Waals surface area contributed by atoms with E-state index in [0.29, 0.717) is 0 Å². The molecule has 0 saturated heterocycles. The standard InChI is InChI=1S/C60H41N3/c1-60(2)54-20-8-6-16-46(54)47-31-30-44(36-55(47)60)62(41-24-22-39(23-25-41)38-12-4-3-5-13-38)42-26-28-43(29-27-42)63-56-21-9-7-17-48(56)52-33-32-51-50-19-11-15-40-14-10-18-49(57(40)50)45-34-35-61-37-53(45)58(51)59(52)63/h3-37H,1-2H3. The van der Waals surface area contributed by atoms with Crippen LogP contribution in [0.3, 0.4) is 0 Å². The lowest BCUT2D eigenvalue weighted by Gasteiger charge is -2.28. The molecular weight excluding hydrogens is 763 g/mol. The predicted molar refractivity (Wildman–Crippen MR) is 264 cm³/mol. The van der Waals surface area contributed by atoms with E-state index in [1.807, 2.05) is 6.20 Å². The van der Waals surface area contributed by atoms with Crippen molar-refractivity contribution in [2.45, 2.75) is 19.3 Å². The van der Waals surface area contributed by atoms with Gasteiger partial charge in [-0.2, -0.15) is 0 Å². The fourth-order valence-electron chi connectivity index (χ4n) is 10.9. The molecule has 13 rings (SSSR count). The number of pyridine rings is 1. The molecule has 9 aromatic carbocycles. The second-order valence-corrected chi connectivity index (χ2v) is 17.5. The first-order valence-electron chi connectivity index (χ1n) is 21.9. The maximum atomic E-state index is 4.77. The minimum absolute atomic E-state index is 0.121. The number of fused-ring (bicyclic) bond motifs is 12. The van der Waals surface area contributed by atoms with Gasteiger partial charge in [-0.05, 0) is 127 Å². The van der Waals surface area contributed by atoms with Crippen LogP contribution in [0.5, 0.6) is 0 Å². The maximum Gasteiger partial charge on any atom is 0.0626 e. The molecule has 0 radical (unpaired) electrons. The quantitative estimate of drug-likeness (QED) is 0.173. The van der Waals surface area contributed by atoms with Crippen molar-refractivity contribution in [2.75, 3.05) is 4.90 Å². The molecule has 0 saturated carbocycles. The summed E-state index contributed by atoms with van der Waals surface area (Å²) < 4.78 is 2.48. The van der Waals surface area contributed by atoms with Gasteiger partial charge >= 0.3 is 0 Å². The van der Waals surface area contributed by atoms with Crippen LogP contribution in [-0.4, -0.2) is 9.55 Å². The van der Waals surface area contributed by atoms with Gasteiger partial charge in [0.1, 0.15) is 0 Å². The van der Waals surface area contributed by atoms with Crippen LogP contribution < -0.4 is 4.90 Å². The summed E-state index contributed by atoms with van der Waals surface area (Å²) in [5.41, 5.74) is 21.7.